The van der Waals surface area contributed by atoms with E-state index in [-0.39, 0.29) is 32.7 Å². The fourth-order valence-electron chi connectivity index (χ4n) is 3.36. The van der Waals surface area contributed by atoms with Crippen LogP contribution in [-0.4, -0.2) is 44.1 Å². The Morgan fingerprint density at radius 2 is 1.63 bits per heavy atom. The van der Waals surface area contributed by atoms with Gasteiger partial charge in [0.2, 0.25) is 10.0 Å². The van der Waals surface area contributed by atoms with Crippen LogP contribution in [0, 0.1) is 0 Å². The number of hydrogen-bond acceptors (Lipinski definition) is 5. The van der Waals surface area contributed by atoms with E-state index in [0.29, 0.717) is 23.7 Å². The standard InChI is InChI=1S/C25H24Cl2N2O5S/c1-3-29(4-2)35(32,33)19-11-13-23(21(27)15-19)34-16-24(30)28-22-12-10-18(26)14-20(22)25(31)17-8-6-5-7-9-17/h5-15H,3-4,16H2,1-2H3,(H,28,30). The molecule has 0 spiro atoms. The predicted octanol–water partition coefficient (Wildman–Crippen LogP) is 5.27. The molecule has 3 rings (SSSR count). The summed E-state index contributed by atoms with van der Waals surface area (Å²) in [7, 11) is -3.68. The predicted molar refractivity (Wildman–Crippen MR) is 137 cm³/mol. The second-order valence-corrected chi connectivity index (χ2v) is 10.2. The molecule has 1 N–H and O–H groups in total. The van der Waals surface area contributed by atoms with Crippen molar-refractivity contribution in [1.82, 2.24) is 4.31 Å². The Hall–Kier alpha value is -2.91. The van der Waals surface area contributed by atoms with E-state index >= 15 is 0 Å². The van der Waals surface area contributed by atoms with Crippen LogP contribution in [0.3, 0.4) is 0 Å². The fraction of sp³-hybridized carbons (Fsp3) is 0.200. The molecule has 0 heterocycles. The maximum Gasteiger partial charge on any atom is 0.262 e. The van der Waals surface area contributed by atoms with Crippen LogP contribution in [0.25, 0.3) is 0 Å². The number of ketones is 1. The number of anilines is 1. The minimum absolute atomic E-state index is 0.0354. The summed E-state index contributed by atoms with van der Waals surface area (Å²) in [6, 6.07) is 17.3. The molecule has 0 aliphatic rings. The van der Waals surface area contributed by atoms with Crippen molar-refractivity contribution >= 4 is 50.6 Å². The lowest BCUT2D eigenvalue weighted by Gasteiger charge is -2.19. The third-order valence-corrected chi connectivity index (χ3v) is 7.72. The summed E-state index contributed by atoms with van der Waals surface area (Å²) in [5.74, 6) is -0.681. The first-order valence-electron chi connectivity index (χ1n) is 10.8. The van der Waals surface area contributed by atoms with Gasteiger partial charge in [-0.2, -0.15) is 4.31 Å². The van der Waals surface area contributed by atoms with Crippen LogP contribution >= 0.6 is 23.2 Å². The molecule has 0 bridgehead atoms. The summed E-state index contributed by atoms with van der Waals surface area (Å²) in [5.41, 5.74) is 0.970. The van der Waals surface area contributed by atoms with Crippen LogP contribution in [0.4, 0.5) is 5.69 Å². The molecule has 7 nitrogen and oxygen atoms in total. The third kappa shape index (κ3) is 6.41. The Labute approximate surface area is 214 Å². The molecular formula is C25H24Cl2N2O5S. The van der Waals surface area contributed by atoms with E-state index < -0.39 is 22.5 Å². The van der Waals surface area contributed by atoms with Crippen LogP contribution in [0.5, 0.6) is 5.75 Å². The van der Waals surface area contributed by atoms with Crippen molar-refractivity contribution in [3.05, 3.63) is 87.9 Å². The fourth-order valence-corrected chi connectivity index (χ4v) is 5.32. The second-order valence-electron chi connectivity index (χ2n) is 7.40. The van der Waals surface area contributed by atoms with E-state index in [0.717, 1.165) is 0 Å². The summed E-state index contributed by atoms with van der Waals surface area (Å²) in [6.45, 7) is 3.74. The molecule has 0 unspecified atom stereocenters. The summed E-state index contributed by atoms with van der Waals surface area (Å²) >= 11 is 12.3. The molecule has 10 heteroatoms. The Balaban J connectivity index is 1.72. The van der Waals surface area contributed by atoms with Gasteiger partial charge in [0.25, 0.3) is 5.91 Å². The Kier molecular flexibility index (Phi) is 8.91. The number of ether oxygens (including phenoxy) is 1. The number of amides is 1. The van der Waals surface area contributed by atoms with Crippen molar-refractivity contribution in [1.29, 1.82) is 0 Å². The van der Waals surface area contributed by atoms with Gasteiger partial charge in [0, 0.05) is 29.2 Å². The van der Waals surface area contributed by atoms with Crippen molar-refractivity contribution in [2.24, 2.45) is 0 Å². The van der Waals surface area contributed by atoms with Gasteiger partial charge in [-0.3, -0.25) is 9.59 Å². The highest BCUT2D eigenvalue weighted by Crippen LogP contribution is 2.29. The Morgan fingerprint density at radius 1 is 0.943 bits per heavy atom. The zero-order valence-corrected chi connectivity index (χ0v) is 21.5. The minimum atomic E-state index is -3.68. The number of carbonyl (C=O) groups is 2. The summed E-state index contributed by atoms with van der Waals surface area (Å²) < 4.78 is 32.1. The number of nitrogens with zero attached hydrogens (tertiary/aromatic N) is 1. The van der Waals surface area contributed by atoms with E-state index in [2.05, 4.69) is 5.32 Å². The molecule has 0 aliphatic carbocycles. The van der Waals surface area contributed by atoms with Crippen molar-refractivity contribution in [2.45, 2.75) is 18.7 Å². The molecular weight excluding hydrogens is 511 g/mol. The number of carbonyl (C=O) groups excluding carboxylic acids is 2. The first-order chi connectivity index (χ1) is 16.7. The van der Waals surface area contributed by atoms with Crippen molar-refractivity contribution in [3.8, 4) is 5.75 Å². The zero-order chi connectivity index (χ0) is 25.6. The van der Waals surface area contributed by atoms with Crippen molar-refractivity contribution in [2.75, 3.05) is 25.0 Å². The van der Waals surface area contributed by atoms with Gasteiger partial charge >= 0.3 is 0 Å². The van der Waals surface area contributed by atoms with Gasteiger partial charge in [0.15, 0.2) is 12.4 Å². The van der Waals surface area contributed by atoms with E-state index in [1.807, 2.05) is 0 Å². The molecule has 3 aromatic carbocycles. The summed E-state index contributed by atoms with van der Waals surface area (Å²) in [4.78, 5) is 25.5. The van der Waals surface area contributed by atoms with Gasteiger partial charge < -0.3 is 10.1 Å². The number of rotatable bonds is 10. The molecule has 0 aromatic heterocycles. The topological polar surface area (TPSA) is 92.8 Å². The van der Waals surface area contributed by atoms with E-state index in [4.69, 9.17) is 27.9 Å². The van der Waals surface area contributed by atoms with E-state index in [1.54, 1.807) is 50.2 Å². The lowest BCUT2D eigenvalue weighted by Crippen LogP contribution is -2.30. The molecule has 1 amide bonds. The van der Waals surface area contributed by atoms with Gasteiger partial charge in [0.05, 0.1) is 15.6 Å². The Morgan fingerprint density at radius 3 is 2.26 bits per heavy atom. The largest absolute Gasteiger partial charge is 0.482 e. The average molecular weight is 535 g/mol. The van der Waals surface area contributed by atoms with Crippen molar-refractivity contribution in [3.63, 3.8) is 0 Å². The SMILES string of the molecule is CCN(CC)S(=O)(=O)c1ccc(OCC(=O)Nc2ccc(Cl)cc2C(=O)c2ccccc2)c(Cl)c1. The highest BCUT2D eigenvalue weighted by molar-refractivity contribution is 7.89. The zero-order valence-electron chi connectivity index (χ0n) is 19.1. The quantitative estimate of drug-likeness (QED) is 0.357. The van der Waals surface area contributed by atoms with E-state index in [9.17, 15) is 18.0 Å². The lowest BCUT2D eigenvalue weighted by atomic mass is 10.0. The molecule has 0 saturated heterocycles. The molecule has 0 aliphatic heterocycles. The van der Waals surface area contributed by atoms with Gasteiger partial charge in [-0.1, -0.05) is 67.4 Å². The van der Waals surface area contributed by atoms with Crippen LogP contribution in [-0.2, 0) is 14.8 Å². The van der Waals surface area contributed by atoms with Gasteiger partial charge in [-0.15, -0.1) is 0 Å². The average Bonchev–Trinajstić information content (AvgIpc) is 2.85. The maximum atomic E-state index is 12.9. The number of benzene rings is 3. The van der Waals surface area contributed by atoms with Crippen LogP contribution < -0.4 is 10.1 Å². The van der Waals surface area contributed by atoms with Crippen molar-refractivity contribution < 1.29 is 22.7 Å². The maximum absolute atomic E-state index is 12.9. The number of nitrogens with one attached hydrogen (secondary N) is 1. The smallest absolute Gasteiger partial charge is 0.262 e. The summed E-state index contributed by atoms with van der Waals surface area (Å²) in [5, 5.41) is 3.06. The Bertz CT molecular complexity index is 1330. The minimum Gasteiger partial charge on any atom is -0.482 e. The monoisotopic (exact) mass is 534 g/mol. The highest BCUT2D eigenvalue weighted by Gasteiger charge is 2.23. The molecule has 184 valence electrons. The molecule has 0 radical (unpaired) electrons. The molecule has 35 heavy (non-hydrogen) atoms. The van der Waals surface area contributed by atoms with E-state index in [1.165, 1.54) is 34.6 Å². The van der Waals surface area contributed by atoms with Gasteiger partial charge in [-0.05, 0) is 36.4 Å². The highest BCUT2D eigenvalue weighted by atomic mass is 35.5. The number of halogens is 2. The van der Waals surface area contributed by atoms with Gasteiger partial charge in [-0.25, -0.2) is 8.42 Å². The molecule has 0 saturated carbocycles. The number of hydrogen-bond donors (Lipinski definition) is 1. The molecule has 3 aromatic rings. The normalized spacial score (nSPS) is 11.3. The first-order valence-corrected chi connectivity index (χ1v) is 13.0. The van der Waals surface area contributed by atoms with Crippen LogP contribution in [0.2, 0.25) is 10.0 Å². The summed E-state index contributed by atoms with van der Waals surface area (Å²) in [6.07, 6.45) is 0. The van der Waals surface area contributed by atoms with Crippen LogP contribution in [0.1, 0.15) is 29.8 Å². The first kappa shape index (κ1) is 26.7. The van der Waals surface area contributed by atoms with Gasteiger partial charge in [0.1, 0.15) is 5.75 Å². The molecule has 0 fully saturated rings. The van der Waals surface area contributed by atoms with Crippen LogP contribution in [0.15, 0.2) is 71.6 Å². The second kappa shape index (κ2) is 11.7. The number of sulfonamides is 1. The molecule has 0 atom stereocenters. The third-order valence-electron chi connectivity index (χ3n) is 5.14. The lowest BCUT2D eigenvalue weighted by molar-refractivity contribution is -0.118.